The van der Waals surface area contributed by atoms with Crippen molar-refractivity contribution in [2.45, 2.75) is 46.2 Å². The van der Waals surface area contributed by atoms with E-state index in [9.17, 15) is 18.0 Å². The number of nitrogens with one attached hydrogen (secondary N) is 1. The van der Waals surface area contributed by atoms with Gasteiger partial charge in [-0.05, 0) is 49.1 Å². The molecule has 1 atom stereocenters. The molecule has 0 aliphatic rings. The summed E-state index contributed by atoms with van der Waals surface area (Å²) in [6, 6.07) is 13.5. The van der Waals surface area contributed by atoms with Crippen LogP contribution >= 0.6 is 0 Å². The Morgan fingerprint density at radius 2 is 1.71 bits per heavy atom. The van der Waals surface area contributed by atoms with E-state index in [2.05, 4.69) is 5.32 Å². The van der Waals surface area contributed by atoms with Crippen LogP contribution in [0.4, 0.5) is 5.69 Å². The Morgan fingerprint density at radius 1 is 1.06 bits per heavy atom. The van der Waals surface area contributed by atoms with Gasteiger partial charge in [-0.3, -0.25) is 13.9 Å². The van der Waals surface area contributed by atoms with E-state index in [1.807, 2.05) is 38.1 Å². The summed E-state index contributed by atoms with van der Waals surface area (Å²) in [5.41, 5.74) is 2.08. The van der Waals surface area contributed by atoms with Crippen LogP contribution in [0.1, 0.15) is 38.3 Å². The molecule has 0 bridgehead atoms. The van der Waals surface area contributed by atoms with Gasteiger partial charge in [0.2, 0.25) is 21.8 Å². The number of benzene rings is 2. The highest BCUT2D eigenvalue weighted by molar-refractivity contribution is 7.92. The first kappa shape index (κ1) is 27.2. The first-order valence-corrected chi connectivity index (χ1v) is 13.2. The molecule has 0 fully saturated rings. The summed E-state index contributed by atoms with van der Waals surface area (Å²) in [7, 11) is -2.18. The number of carbonyl (C=O) groups is 2. The predicted octanol–water partition coefficient (Wildman–Crippen LogP) is 2.97. The monoisotopic (exact) mass is 489 g/mol. The van der Waals surface area contributed by atoms with Crippen LogP contribution in [0.5, 0.6) is 5.75 Å². The quantitative estimate of drug-likeness (QED) is 0.495. The Morgan fingerprint density at radius 3 is 2.26 bits per heavy atom. The molecule has 0 aromatic heterocycles. The molecule has 0 heterocycles. The van der Waals surface area contributed by atoms with E-state index >= 15 is 0 Å². The van der Waals surface area contributed by atoms with Crippen molar-refractivity contribution in [3.05, 3.63) is 59.7 Å². The highest BCUT2D eigenvalue weighted by Crippen LogP contribution is 2.24. The van der Waals surface area contributed by atoms with Crippen LogP contribution in [0.2, 0.25) is 0 Å². The highest BCUT2D eigenvalue weighted by Gasteiger charge is 2.30. The SMILES string of the molecule is CCCNC(=O)C(C)N(Cc1ccc(OC)cc1)C(=O)CN(c1ccccc1CC)S(C)(=O)=O. The van der Waals surface area contributed by atoms with Crippen LogP contribution in [0.15, 0.2) is 48.5 Å². The Balaban J connectivity index is 2.39. The highest BCUT2D eigenvalue weighted by atomic mass is 32.2. The number of rotatable bonds is 12. The molecule has 0 aliphatic heterocycles. The minimum absolute atomic E-state index is 0.149. The smallest absolute Gasteiger partial charge is 0.244 e. The normalized spacial score (nSPS) is 12.0. The number of amides is 2. The van der Waals surface area contributed by atoms with E-state index in [1.165, 1.54) is 4.90 Å². The van der Waals surface area contributed by atoms with Crippen molar-refractivity contribution >= 4 is 27.5 Å². The Kier molecular flexibility index (Phi) is 9.92. The third-order valence-corrected chi connectivity index (χ3v) is 6.68. The standard InChI is InChI=1S/C25H35N3O5S/c1-6-16-26-25(30)19(3)27(17-20-12-14-22(33-4)15-13-20)24(29)18-28(34(5,31)32)23-11-9-8-10-21(23)7-2/h8-15,19H,6-7,16-18H2,1-5H3,(H,26,30). The molecule has 1 unspecified atom stereocenters. The average molecular weight is 490 g/mol. The summed E-state index contributed by atoms with van der Waals surface area (Å²) in [5, 5.41) is 2.82. The van der Waals surface area contributed by atoms with E-state index in [0.717, 1.165) is 28.1 Å². The molecule has 1 N–H and O–H groups in total. The van der Waals surface area contributed by atoms with Gasteiger partial charge in [-0.1, -0.05) is 44.2 Å². The first-order valence-electron chi connectivity index (χ1n) is 11.4. The van der Waals surface area contributed by atoms with Gasteiger partial charge in [-0.15, -0.1) is 0 Å². The molecule has 8 nitrogen and oxygen atoms in total. The average Bonchev–Trinajstić information content (AvgIpc) is 2.83. The van der Waals surface area contributed by atoms with Gasteiger partial charge < -0.3 is 15.0 Å². The predicted molar refractivity (Wildman–Crippen MR) is 134 cm³/mol. The number of ether oxygens (including phenoxy) is 1. The van der Waals surface area contributed by atoms with Crippen molar-refractivity contribution in [3.63, 3.8) is 0 Å². The van der Waals surface area contributed by atoms with E-state index in [0.29, 0.717) is 24.4 Å². The van der Waals surface area contributed by atoms with E-state index in [1.54, 1.807) is 38.3 Å². The van der Waals surface area contributed by atoms with Gasteiger partial charge >= 0.3 is 0 Å². The van der Waals surface area contributed by atoms with Crippen LogP contribution in [0.3, 0.4) is 0 Å². The lowest BCUT2D eigenvalue weighted by molar-refractivity contribution is -0.139. The lowest BCUT2D eigenvalue weighted by Crippen LogP contribution is -2.51. The molecule has 2 rings (SSSR count). The minimum Gasteiger partial charge on any atom is -0.497 e. The maximum Gasteiger partial charge on any atom is 0.244 e. The maximum absolute atomic E-state index is 13.5. The number of anilines is 1. The van der Waals surface area contributed by atoms with Gasteiger partial charge in [0.05, 0.1) is 19.1 Å². The van der Waals surface area contributed by atoms with Crippen LogP contribution in [0.25, 0.3) is 0 Å². The molecular formula is C25H35N3O5S. The molecule has 0 saturated heterocycles. The molecule has 2 amide bonds. The molecule has 34 heavy (non-hydrogen) atoms. The number of para-hydroxylation sites is 1. The van der Waals surface area contributed by atoms with Crippen molar-refractivity contribution in [1.82, 2.24) is 10.2 Å². The fraction of sp³-hybridized carbons (Fsp3) is 0.440. The van der Waals surface area contributed by atoms with Crippen molar-refractivity contribution in [1.29, 1.82) is 0 Å². The van der Waals surface area contributed by atoms with Crippen molar-refractivity contribution in [2.24, 2.45) is 0 Å². The molecular weight excluding hydrogens is 454 g/mol. The Hall–Kier alpha value is -3.07. The fourth-order valence-corrected chi connectivity index (χ4v) is 4.43. The van der Waals surface area contributed by atoms with Crippen molar-refractivity contribution < 1.29 is 22.7 Å². The maximum atomic E-state index is 13.5. The van der Waals surface area contributed by atoms with Crippen LogP contribution in [-0.4, -0.2) is 57.6 Å². The van der Waals surface area contributed by atoms with E-state index < -0.39 is 28.5 Å². The van der Waals surface area contributed by atoms with Crippen molar-refractivity contribution in [2.75, 3.05) is 30.8 Å². The molecule has 0 spiro atoms. The van der Waals surface area contributed by atoms with E-state index in [-0.39, 0.29) is 12.5 Å². The largest absolute Gasteiger partial charge is 0.497 e. The number of hydrogen-bond acceptors (Lipinski definition) is 5. The summed E-state index contributed by atoms with van der Waals surface area (Å²) < 4.78 is 31.7. The van der Waals surface area contributed by atoms with Gasteiger partial charge in [0.15, 0.2) is 0 Å². The zero-order valence-electron chi connectivity index (χ0n) is 20.6. The third-order valence-electron chi connectivity index (χ3n) is 5.55. The summed E-state index contributed by atoms with van der Waals surface area (Å²) in [5.74, 6) is -0.0790. The first-order chi connectivity index (χ1) is 16.1. The summed E-state index contributed by atoms with van der Waals surface area (Å²) in [6.45, 7) is 5.76. The second kappa shape index (κ2) is 12.4. The molecule has 186 valence electrons. The summed E-state index contributed by atoms with van der Waals surface area (Å²) in [6.07, 6.45) is 2.46. The lowest BCUT2D eigenvalue weighted by atomic mass is 10.1. The second-order valence-electron chi connectivity index (χ2n) is 8.09. The summed E-state index contributed by atoms with van der Waals surface area (Å²) >= 11 is 0. The minimum atomic E-state index is -3.75. The van der Waals surface area contributed by atoms with Gasteiger partial charge in [0.25, 0.3) is 0 Å². The number of methoxy groups -OCH3 is 1. The zero-order valence-corrected chi connectivity index (χ0v) is 21.4. The van der Waals surface area contributed by atoms with Gasteiger partial charge in [-0.25, -0.2) is 8.42 Å². The fourth-order valence-electron chi connectivity index (χ4n) is 3.55. The van der Waals surface area contributed by atoms with Crippen LogP contribution in [-0.2, 0) is 32.6 Å². The molecule has 0 aliphatic carbocycles. The number of aryl methyl sites for hydroxylation is 1. The summed E-state index contributed by atoms with van der Waals surface area (Å²) in [4.78, 5) is 27.7. The number of sulfonamides is 1. The Labute approximate surface area is 202 Å². The van der Waals surface area contributed by atoms with Gasteiger partial charge in [-0.2, -0.15) is 0 Å². The zero-order chi connectivity index (χ0) is 25.3. The van der Waals surface area contributed by atoms with Crippen LogP contribution in [0, 0.1) is 0 Å². The van der Waals surface area contributed by atoms with E-state index in [4.69, 9.17) is 4.74 Å². The van der Waals surface area contributed by atoms with Crippen molar-refractivity contribution in [3.8, 4) is 5.75 Å². The molecule has 2 aromatic carbocycles. The molecule has 0 radical (unpaired) electrons. The molecule has 0 saturated carbocycles. The van der Waals surface area contributed by atoms with Crippen LogP contribution < -0.4 is 14.4 Å². The number of hydrogen-bond donors (Lipinski definition) is 1. The number of carbonyl (C=O) groups excluding carboxylic acids is 2. The Bertz CT molecular complexity index is 1070. The lowest BCUT2D eigenvalue weighted by Gasteiger charge is -2.32. The third kappa shape index (κ3) is 7.21. The number of nitrogens with zero attached hydrogens (tertiary/aromatic N) is 2. The topological polar surface area (TPSA) is 96.0 Å². The molecule has 2 aromatic rings. The van der Waals surface area contributed by atoms with Gasteiger partial charge in [0, 0.05) is 13.1 Å². The second-order valence-corrected chi connectivity index (χ2v) is 10.00. The molecule has 9 heteroatoms. The van der Waals surface area contributed by atoms with Gasteiger partial charge in [0.1, 0.15) is 18.3 Å².